The number of nitro groups is 1. The molecule has 0 aliphatic heterocycles. The van der Waals surface area contributed by atoms with E-state index >= 15 is 0 Å². The maximum Gasteiger partial charge on any atom is 0.408 e. The normalized spacial score (nSPS) is 15.2. The Morgan fingerprint density at radius 1 is 0.969 bits per heavy atom. The maximum absolute atomic E-state index is 13.0. The van der Waals surface area contributed by atoms with Gasteiger partial charge in [0, 0.05) is 24.6 Å². The average molecular weight is 440 g/mol. The molecule has 0 heterocycles. The van der Waals surface area contributed by atoms with Gasteiger partial charge in [-0.3, -0.25) is 14.9 Å². The van der Waals surface area contributed by atoms with Gasteiger partial charge in [-0.05, 0) is 24.0 Å². The van der Waals surface area contributed by atoms with Crippen LogP contribution < -0.4 is 10.6 Å². The van der Waals surface area contributed by atoms with Crippen molar-refractivity contribution < 1.29 is 19.2 Å². The number of alkyl carbamates (subject to hydrolysis) is 1. The molecule has 0 spiro atoms. The fourth-order valence-electron chi connectivity index (χ4n) is 3.83. The lowest BCUT2D eigenvalue weighted by molar-refractivity contribution is -0.384. The number of rotatable bonds is 8. The summed E-state index contributed by atoms with van der Waals surface area (Å²) < 4.78 is 5.29. The van der Waals surface area contributed by atoms with E-state index in [2.05, 4.69) is 10.6 Å². The highest BCUT2D eigenvalue weighted by atomic mass is 16.6. The van der Waals surface area contributed by atoms with E-state index < -0.39 is 17.1 Å². The number of nitro benzene ring substituents is 1. The fraction of sp³-hybridized carbons (Fsp3) is 0.417. The molecule has 1 aliphatic carbocycles. The zero-order valence-electron chi connectivity index (χ0n) is 18.0. The van der Waals surface area contributed by atoms with Crippen molar-refractivity contribution in [1.82, 2.24) is 10.6 Å². The van der Waals surface area contributed by atoms with Crippen LogP contribution in [0.1, 0.15) is 49.7 Å². The van der Waals surface area contributed by atoms with Gasteiger partial charge in [-0.2, -0.15) is 0 Å². The Balaban J connectivity index is 1.65. The van der Waals surface area contributed by atoms with Crippen LogP contribution in [0.5, 0.6) is 0 Å². The number of hydrogen-bond acceptors (Lipinski definition) is 5. The number of ether oxygens (including phenoxy) is 1. The Morgan fingerprint density at radius 2 is 1.62 bits per heavy atom. The van der Waals surface area contributed by atoms with Gasteiger partial charge in [0.15, 0.2) is 0 Å². The standard InChI is InChI=1S/C24H29N3O5/c28-23(25-20-10-6-1-2-7-11-20)22(16-18-12-14-21(15-13-18)27(30)31)26-24(29)32-17-19-8-4-3-5-9-19/h3-5,8-9,12-15,20,22H,1-2,6-7,10-11,16-17H2,(H,25,28)(H,26,29)/t22-/m1/s1. The lowest BCUT2D eigenvalue weighted by Gasteiger charge is -2.22. The minimum absolute atomic E-state index is 0.0246. The van der Waals surface area contributed by atoms with Gasteiger partial charge in [0.2, 0.25) is 5.91 Å². The molecule has 2 aromatic rings. The third-order valence-corrected chi connectivity index (χ3v) is 5.61. The number of amides is 2. The molecule has 1 aliphatic rings. The topological polar surface area (TPSA) is 111 Å². The van der Waals surface area contributed by atoms with Crippen molar-refractivity contribution in [3.63, 3.8) is 0 Å². The van der Waals surface area contributed by atoms with E-state index in [9.17, 15) is 19.7 Å². The number of carbonyl (C=O) groups is 2. The minimum atomic E-state index is -0.844. The van der Waals surface area contributed by atoms with E-state index in [-0.39, 0.29) is 30.7 Å². The molecule has 32 heavy (non-hydrogen) atoms. The largest absolute Gasteiger partial charge is 0.445 e. The summed E-state index contributed by atoms with van der Waals surface area (Å²) >= 11 is 0. The highest BCUT2D eigenvalue weighted by molar-refractivity contribution is 5.86. The summed E-state index contributed by atoms with van der Waals surface area (Å²) in [6, 6.07) is 14.5. The predicted octanol–water partition coefficient (Wildman–Crippen LogP) is 4.27. The Kier molecular flexibility index (Phi) is 8.60. The molecule has 2 aromatic carbocycles. The third-order valence-electron chi connectivity index (χ3n) is 5.61. The van der Waals surface area contributed by atoms with Crippen LogP contribution in [0, 0.1) is 10.1 Å². The van der Waals surface area contributed by atoms with Crippen LogP contribution in [0.4, 0.5) is 10.5 Å². The van der Waals surface area contributed by atoms with E-state index in [0.29, 0.717) is 5.56 Å². The predicted molar refractivity (Wildman–Crippen MR) is 120 cm³/mol. The Hall–Kier alpha value is -3.42. The summed E-state index contributed by atoms with van der Waals surface area (Å²) in [5, 5.41) is 16.6. The van der Waals surface area contributed by atoms with E-state index in [4.69, 9.17) is 4.74 Å². The molecule has 3 rings (SSSR count). The smallest absolute Gasteiger partial charge is 0.408 e. The monoisotopic (exact) mass is 439 g/mol. The second kappa shape index (κ2) is 11.8. The van der Waals surface area contributed by atoms with Crippen LogP contribution >= 0.6 is 0 Å². The van der Waals surface area contributed by atoms with E-state index in [1.54, 1.807) is 12.1 Å². The van der Waals surface area contributed by atoms with E-state index in [0.717, 1.165) is 31.2 Å². The second-order valence-electron chi connectivity index (χ2n) is 8.08. The minimum Gasteiger partial charge on any atom is -0.445 e. The molecule has 2 N–H and O–H groups in total. The van der Waals surface area contributed by atoms with Gasteiger partial charge in [0.05, 0.1) is 4.92 Å². The van der Waals surface area contributed by atoms with Gasteiger partial charge in [-0.1, -0.05) is 68.1 Å². The van der Waals surface area contributed by atoms with Crippen LogP contribution in [0.25, 0.3) is 0 Å². The zero-order valence-corrected chi connectivity index (χ0v) is 18.0. The van der Waals surface area contributed by atoms with E-state index in [1.165, 1.54) is 25.0 Å². The molecule has 0 bridgehead atoms. The number of nitrogens with one attached hydrogen (secondary N) is 2. The van der Waals surface area contributed by atoms with Gasteiger partial charge in [0.25, 0.3) is 5.69 Å². The molecule has 0 unspecified atom stereocenters. The molecule has 1 saturated carbocycles. The fourth-order valence-corrected chi connectivity index (χ4v) is 3.83. The summed E-state index contributed by atoms with van der Waals surface area (Å²) in [6.45, 7) is 0.0984. The van der Waals surface area contributed by atoms with Crippen LogP contribution in [-0.4, -0.2) is 29.0 Å². The molecule has 1 fully saturated rings. The molecule has 8 nitrogen and oxygen atoms in total. The molecule has 0 radical (unpaired) electrons. The Labute approximate surface area is 187 Å². The second-order valence-corrected chi connectivity index (χ2v) is 8.08. The highest BCUT2D eigenvalue weighted by Crippen LogP contribution is 2.18. The van der Waals surface area contributed by atoms with Crippen molar-refractivity contribution in [2.45, 2.75) is 63.6 Å². The Bertz CT molecular complexity index is 894. The summed E-state index contributed by atoms with van der Waals surface area (Å²) in [4.78, 5) is 35.9. The zero-order chi connectivity index (χ0) is 22.8. The number of benzene rings is 2. The van der Waals surface area contributed by atoms with Crippen LogP contribution in [0.15, 0.2) is 54.6 Å². The van der Waals surface area contributed by atoms with Gasteiger partial charge >= 0.3 is 6.09 Å². The summed E-state index contributed by atoms with van der Waals surface area (Å²) in [5.74, 6) is -0.271. The van der Waals surface area contributed by atoms with Crippen molar-refractivity contribution in [3.8, 4) is 0 Å². The van der Waals surface area contributed by atoms with Gasteiger partial charge in [-0.15, -0.1) is 0 Å². The molecular weight excluding hydrogens is 410 g/mol. The quantitative estimate of drug-likeness (QED) is 0.362. The molecule has 170 valence electrons. The third kappa shape index (κ3) is 7.37. The molecule has 2 amide bonds. The van der Waals surface area contributed by atoms with Crippen LogP contribution in [0.3, 0.4) is 0 Å². The highest BCUT2D eigenvalue weighted by Gasteiger charge is 2.25. The molecule has 0 saturated heterocycles. The maximum atomic E-state index is 13.0. The van der Waals surface area contributed by atoms with Gasteiger partial charge in [-0.25, -0.2) is 4.79 Å². The van der Waals surface area contributed by atoms with Gasteiger partial charge in [0.1, 0.15) is 12.6 Å². The summed E-state index contributed by atoms with van der Waals surface area (Å²) in [7, 11) is 0. The number of non-ortho nitro benzene ring substituents is 1. The summed E-state index contributed by atoms with van der Waals surface area (Å²) in [6.07, 6.45) is 5.86. The van der Waals surface area contributed by atoms with Crippen molar-refractivity contribution >= 4 is 17.7 Å². The first-order chi connectivity index (χ1) is 15.5. The molecule has 1 atom stereocenters. The Morgan fingerprint density at radius 3 is 2.25 bits per heavy atom. The first kappa shape index (κ1) is 23.2. The van der Waals surface area contributed by atoms with Gasteiger partial charge < -0.3 is 15.4 Å². The average Bonchev–Trinajstić information content (AvgIpc) is 3.07. The van der Waals surface area contributed by atoms with Crippen molar-refractivity contribution in [2.75, 3.05) is 0 Å². The van der Waals surface area contributed by atoms with E-state index in [1.807, 2.05) is 30.3 Å². The first-order valence-corrected chi connectivity index (χ1v) is 11.0. The lowest BCUT2D eigenvalue weighted by atomic mass is 10.0. The van der Waals surface area contributed by atoms with Crippen molar-refractivity contribution in [1.29, 1.82) is 0 Å². The molecular formula is C24H29N3O5. The number of nitrogens with zero attached hydrogens (tertiary/aromatic N) is 1. The van der Waals surface area contributed by atoms with Crippen molar-refractivity contribution in [3.05, 3.63) is 75.8 Å². The molecule has 0 aromatic heterocycles. The van der Waals surface area contributed by atoms with Crippen molar-refractivity contribution in [2.24, 2.45) is 0 Å². The number of hydrogen-bond donors (Lipinski definition) is 2. The summed E-state index contributed by atoms with van der Waals surface area (Å²) in [5.41, 5.74) is 1.53. The first-order valence-electron chi connectivity index (χ1n) is 11.0. The van der Waals surface area contributed by atoms with Crippen LogP contribution in [0.2, 0.25) is 0 Å². The number of carbonyl (C=O) groups excluding carboxylic acids is 2. The lowest BCUT2D eigenvalue weighted by Crippen LogP contribution is -2.50. The van der Waals surface area contributed by atoms with Crippen LogP contribution in [-0.2, 0) is 22.6 Å². The SMILES string of the molecule is O=C(N[C@H](Cc1ccc([N+](=O)[O-])cc1)C(=O)NC1CCCCCC1)OCc1ccccc1. The molecule has 8 heteroatoms.